The molecule has 0 aliphatic rings. The molecule has 38 heavy (non-hydrogen) atoms. The Hall–Kier alpha value is -3.07. The van der Waals surface area contributed by atoms with Gasteiger partial charge in [-0.1, -0.05) is 53.5 Å². The Morgan fingerprint density at radius 2 is 1.39 bits per heavy atom. The van der Waals surface area contributed by atoms with E-state index in [1.54, 1.807) is 61.5 Å². The summed E-state index contributed by atoms with van der Waals surface area (Å²) < 4.78 is 28.5. The number of carbonyl (C=O) groups is 2. The average molecular weight is 577 g/mol. The minimum absolute atomic E-state index is 0.0127. The number of hydrogen-bond donors (Lipinski definition) is 1. The van der Waals surface area contributed by atoms with Crippen molar-refractivity contribution in [1.82, 2.24) is 10.2 Å². The summed E-state index contributed by atoms with van der Waals surface area (Å²) in [5.41, 5.74) is 0.535. The largest absolute Gasteiger partial charge is 0.350 e. The monoisotopic (exact) mass is 575 g/mol. The Morgan fingerprint density at radius 3 is 1.92 bits per heavy atom. The molecule has 0 aliphatic heterocycles. The summed E-state index contributed by atoms with van der Waals surface area (Å²) in [7, 11) is -4.14. The number of nitrogens with one attached hydrogen (secondary N) is 1. The van der Waals surface area contributed by atoms with Crippen LogP contribution in [-0.2, 0) is 26.2 Å². The van der Waals surface area contributed by atoms with Crippen molar-refractivity contribution in [2.24, 2.45) is 0 Å². The van der Waals surface area contributed by atoms with Gasteiger partial charge in [-0.2, -0.15) is 0 Å². The zero-order valence-electron chi connectivity index (χ0n) is 21.7. The molecule has 0 bridgehead atoms. The fourth-order valence-corrected chi connectivity index (χ4v) is 5.37. The summed E-state index contributed by atoms with van der Waals surface area (Å²) in [5.74, 6) is -0.899. The second-order valence-electron chi connectivity index (χ2n) is 9.86. The number of halogens is 2. The molecular weight excluding hydrogens is 545 g/mol. The van der Waals surface area contributed by atoms with Crippen LogP contribution in [0.5, 0.6) is 0 Å². The maximum atomic E-state index is 13.8. The second-order valence-corrected chi connectivity index (χ2v) is 12.6. The first kappa shape index (κ1) is 29.5. The second kappa shape index (κ2) is 12.2. The molecule has 0 saturated carbocycles. The van der Waals surface area contributed by atoms with Crippen LogP contribution in [0.3, 0.4) is 0 Å². The SMILES string of the molecule is C[C@@H](C(=O)NC(C)(C)C)N(Cc1ccc(Cl)cc1)C(=O)CN(c1ccccc1)S(=O)(=O)c1ccc(Cl)cc1. The van der Waals surface area contributed by atoms with Crippen molar-refractivity contribution in [3.05, 3.63) is 94.5 Å². The zero-order chi connectivity index (χ0) is 28.1. The van der Waals surface area contributed by atoms with Crippen LogP contribution in [-0.4, -0.2) is 43.3 Å². The lowest BCUT2D eigenvalue weighted by Crippen LogP contribution is -2.54. The van der Waals surface area contributed by atoms with Gasteiger partial charge in [-0.05, 0) is 81.8 Å². The molecule has 0 radical (unpaired) electrons. The van der Waals surface area contributed by atoms with E-state index in [-0.39, 0.29) is 17.3 Å². The average Bonchev–Trinajstić information content (AvgIpc) is 2.86. The molecule has 0 spiro atoms. The Morgan fingerprint density at radius 1 is 0.868 bits per heavy atom. The molecule has 1 atom stereocenters. The van der Waals surface area contributed by atoms with E-state index in [9.17, 15) is 18.0 Å². The summed E-state index contributed by atoms with van der Waals surface area (Å²) in [5, 5.41) is 3.82. The maximum Gasteiger partial charge on any atom is 0.264 e. The van der Waals surface area contributed by atoms with Crippen LogP contribution in [0, 0.1) is 0 Å². The lowest BCUT2D eigenvalue weighted by atomic mass is 10.1. The zero-order valence-corrected chi connectivity index (χ0v) is 24.0. The van der Waals surface area contributed by atoms with Crippen molar-refractivity contribution >= 4 is 50.7 Å². The van der Waals surface area contributed by atoms with Crippen LogP contribution in [0.2, 0.25) is 10.0 Å². The van der Waals surface area contributed by atoms with Gasteiger partial charge in [0.2, 0.25) is 11.8 Å². The highest BCUT2D eigenvalue weighted by atomic mass is 35.5. The molecule has 0 unspecified atom stereocenters. The van der Waals surface area contributed by atoms with Gasteiger partial charge in [0.25, 0.3) is 10.0 Å². The highest BCUT2D eigenvalue weighted by molar-refractivity contribution is 7.92. The van der Waals surface area contributed by atoms with Gasteiger partial charge in [-0.15, -0.1) is 0 Å². The third kappa shape index (κ3) is 7.72. The van der Waals surface area contributed by atoms with Crippen molar-refractivity contribution in [3.8, 4) is 0 Å². The summed E-state index contributed by atoms with van der Waals surface area (Å²) >= 11 is 12.0. The molecule has 1 N–H and O–H groups in total. The Balaban J connectivity index is 2.00. The Labute approximate surface area is 234 Å². The van der Waals surface area contributed by atoms with E-state index >= 15 is 0 Å². The Kier molecular flexibility index (Phi) is 9.46. The predicted octanol–water partition coefficient (Wildman–Crippen LogP) is 5.52. The summed E-state index contributed by atoms with van der Waals surface area (Å²) in [6.45, 7) is 6.72. The lowest BCUT2D eigenvalue weighted by Gasteiger charge is -2.33. The molecule has 0 heterocycles. The summed E-state index contributed by atoms with van der Waals surface area (Å²) in [6, 6.07) is 20.1. The molecule has 7 nitrogen and oxygen atoms in total. The number of para-hydroxylation sites is 1. The molecule has 3 aromatic rings. The van der Waals surface area contributed by atoms with Gasteiger partial charge in [0, 0.05) is 22.1 Å². The topological polar surface area (TPSA) is 86.8 Å². The molecule has 3 aromatic carbocycles. The standard InChI is InChI=1S/C28H31Cl2N3O4S/c1-20(27(35)31-28(2,3)4)32(18-21-10-12-22(29)13-11-21)26(34)19-33(24-8-6-5-7-9-24)38(36,37)25-16-14-23(30)15-17-25/h5-17,20H,18-19H2,1-4H3,(H,31,35)/t20-/m0/s1. The van der Waals surface area contributed by atoms with E-state index in [1.807, 2.05) is 20.8 Å². The van der Waals surface area contributed by atoms with Gasteiger partial charge in [0.05, 0.1) is 10.6 Å². The molecule has 202 valence electrons. The summed E-state index contributed by atoms with van der Waals surface area (Å²) in [6.07, 6.45) is 0. The quantitative estimate of drug-likeness (QED) is 0.364. The van der Waals surface area contributed by atoms with E-state index in [1.165, 1.54) is 29.2 Å². The van der Waals surface area contributed by atoms with Gasteiger partial charge < -0.3 is 10.2 Å². The predicted molar refractivity (Wildman–Crippen MR) is 152 cm³/mol. The van der Waals surface area contributed by atoms with Crippen LogP contribution in [0.4, 0.5) is 5.69 Å². The molecule has 2 amide bonds. The number of nitrogens with zero attached hydrogens (tertiary/aromatic N) is 2. The number of amides is 2. The number of rotatable bonds is 9. The molecule has 0 aromatic heterocycles. The van der Waals surface area contributed by atoms with Crippen LogP contribution >= 0.6 is 23.2 Å². The molecule has 3 rings (SSSR count). The number of sulfonamides is 1. The molecule has 0 fully saturated rings. The van der Waals surface area contributed by atoms with Gasteiger partial charge in [-0.25, -0.2) is 8.42 Å². The number of anilines is 1. The molecule has 10 heteroatoms. The van der Waals surface area contributed by atoms with Gasteiger partial charge >= 0.3 is 0 Å². The number of benzene rings is 3. The lowest BCUT2D eigenvalue weighted by molar-refractivity contribution is -0.140. The van der Waals surface area contributed by atoms with E-state index in [2.05, 4.69) is 5.32 Å². The van der Waals surface area contributed by atoms with Crippen LogP contribution in [0.25, 0.3) is 0 Å². The third-order valence-electron chi connectivity index (χ3n) is 5.66. The molecule has 0 aliphatic carbocycles. The van der Waals surface area contributed by atoms with Gasteiger partial charge in [0.15, 0.2) is 0 Å². The number of carbonyl (C=O) groups excluding carboxylic acids is 2. The molecule has 0 saturated heterocycles. The van der Waals surface area contributed by atoms with Crippen molar-refractivity contribution in [2.45, 2.75) is 50.7 Å². The van der Waals surface area contributed by atoms with Crippen LogP contribution in [0.15, 0.2) is 83.8 Å². The minimum Gasteiger partial charge on any atom is -0.350 e. The number of hydrogen-bond acceptors (Lipinski definition) is 4. The van der Waals surface area contributed by atoms with Gasteiger partial charge in [0.1, 0.15) is 12.6 Å². The first-order valence-corrected chi connectivity index (χ1v) is 14.2. The highest BCUT2D eigenvalue weighted by Gasteiger charge is 2.33. The van der Waals surface area contributed by atoms with E-state index in [0.29, 0.717) is 15.7 Å². The minimum atomic E-state index is -4.14. The van der Waals surface area contributed by atoms with Crippen molar-refractivity contribution in [3.63, 3.8) is 0 Å². The van der Waals surface area contributed by atoms with E-state index in [0.717, 1.165) is 9.87 Å². The van der Waals surface area contributed by atoms with E-state index < -0.39 is 34.1 Å². The van der Waals surface area contributed by atoms with Crippen LogP contribution in [0.1, 0.15) is 33.3 Å². The van der Waals surface area contributed by atoms with Gasteiger partial charge in [-0.3, -0.25) is 13.9 Å². The fraction of sp³-hybridized carbons (Fsp3) is 0.286. The summed E-state index contributed by atoms with van der Waals surface area (Å²) in [4.78, 5) is 28.3. The molecular formula is C28H31Cl2N3O4S. The van der Waals surface area contributed by atoms with Crippen molar-refractivity contribution in [1.29, 1.82) is 0 Å². The fourth-order valence-electron chi connectivity index (χ4n) is 3.70. The first-order valence-electron chi connectivity index (χ1n) is 12.0. The highest BCUT2D eigenvalue weighted by Crippen LogP contribution is 2.25. The first-order chi connectivity index (χ1) is 17.8. The Bertz CT molecular complexity index is 1360. The van der Waals surface area contributed by atoms with E-state index in [4.69, 9.17) is 23.2 Å². The van der Waals surface area contributed by atoms with Crippen LogP contribution < -0.4 is 9.62 Å². The smallest absolute Gasteiger partial charge is 0.264 e. The van der Waals surface area contributed by atoms with Crippen molar-refractivity contribution < 1.29 is 18.0 Å². The normalized spacial score (nSPS) is 12.5. The third-order valence-corrected chi connectivity index (χ3v) is 7.95. The maximum absolute atomic E-state index is 13.8. The van der Waals surface area contributed by atoms with Crippen molar-refractivity contribution in [2.75, 3.05) is 10.8 Å².